The van der Waals surface area contributed by atoms with Crippen molar-refractivity contribution in [2.45, 2.75) is 0 Å². The lowest BCUT2D eigenvalue weighted by molar-refractivity contribution is 0.474. The van der Waals surface area contributed by atoms with Gasteiger partial charge in [-0.25, -0.2) is 13.8 Å². The molecule has 3 rings (SSSR count). The van der Waals surface area contributed by atoms with E-state index < -0.39 is 11.6 Å². The summed E-state index contributed by atoms with van der Waals surface area (Å²) in [5.41, 5.74) is 1.26. The SMILES string of the molecule is Oc1ccc2nc(-c3ccc(F)c(F)c3)oc2c1. The molecule has 0 atom stereocenters. The van der Waals surface area contributed by atoms with Crippen LogP contribution in [0.15, 0.2) is 40.8 Å². The Morgan fingerprint density at radius 3 is 2.61 bits per heavy atom. The lowest BCUT2D eigenvalue weighted by Gasteiger charge is -1.96. The van der Waals surface area contributed by atoms with Crippen LogP contribution < -0.4 is 0 Å². The molecule has 0 radical (unpaired) electrons. The zero-order valence-electron chi connectivity index (χ0n) is 9.02. The first-order valence-corrected chi connectivity index (χ1v) is 5.18. The Hall–Kier alpha value is -2.43. The molecule has 0 spiro atoms. The standard InChI is InChI=1S/C13H7F2NO2/c14-9-3-1-7(5-10(9)15)13-16-11-4-2-8(17)6-12(11)18-13/h1-6,17H. The third-order valence-electron chi connectivity index (χ3n) is 2.54. The molecule has 2 aromatic carbocycles. The average Bonchev–Trinajstić information content (AvgIpc) is 2.75. The van der Waals surface area contributed by atoms with Crippen LogP contribution in [0, 0.1) is 11.6 Å². The van der Waals surface area contributed by atoms with Gasteiger partial charge in [0.2, 0.25) is 5.89 Å². The van der Waals surface area contributed by atoms with Crippen LogP contribution in [0.1, 0.15) is 0 Å². The zero-order chi connectivity index (χ0) is 12.7. The van der Waals surface area contributed by atoms with Crippen molar-refractivity contribution < 1.29 is 18.3 Å². The Labute approximate surface area is 100 Å². The summed E-state index contributed by atoms with van der Waals surface area (Å²) >= 11 is 0. The van der Waals surface area contributed by atoms with Crippen LogP contribution in [0.4, 0.5) is 8.78 Å². The maximum Gasteiger partial charge on any atom is 0.227 e. The zero-order valence-corrected chi connectivity index (χ0v) is 9.02. The number of phenolic OH excluding ortho intramolecular Hbond substituents is 1. The third kappa shape index (κ3) is 1.69. The number of nitrogens with zero attached hydrogens (tertiary/aromatic N) is 1. The number of aromatic hydroxyl groups is 1. The van der Waals surface area contributed by atoms with E-state index >= 15 is 0 Å². The smallest absolute Gasteiger partial charge is 0.227 e. The lowest BCUT2D eigenvalue weighted by atomic mass is 10.2. The summed E-state index contributed by atoms with van der Waals surface area (Å²) in [7, 11) is 0. The summed E-state index contributed by atoms with van der Waals surface area (Å²) < 4.78 is 31.3. The molecule has 3 aromatic rings. The van der Waals surface area contributed by atoms with Crippen molar-refractivity contribution in [1.29, 1.82) is 0 Å². The Morgan fingerprint density at radius 2 is 1.83 bits per heavy atom. The highest BCUT2D eigenvalue weighted by molar-refractivity contribution is 5.77. The van der Waals surface area contributed by atoms with Gasteiger partial charge in [-0.3, -0.25) is 0 Å². The predicted octanol–water partition coefficient (Wildman–Crippen LogP) is 3.48. The van der Waals surface area contributed by atoms with Crippen molar-refractivity contribution in [2.24, 2.45) is 0 Å². The summed E-state index contributed by atoms with van der Waals surface area (Å²) in [5, 5.41) is 9.29. The molecule has 0 aliphatic rings. The molecule has 0 unspecified atom stereocenters. The molecule has 0 aliphatic heterocycles. The normalized spacial score (nSPS) is 11.0. The van der Waals surface area contributed by atoms with Gasteiger partial charge in [0.25, 0.3) is 0 Å². The van der Waals surface area contributed by atoms with Crippen molar-refractivity contribution >= 4 is 11.1 Å². The molecule has 0 fully saturated rings. The number of phenols is 1. The highest BCUT2D eigenvalue weighted by atomic mass is 19.2. The van der Waals surface area contributed by atoms with Gasteiger partial charge >= 0.3 is 0 Å². The molecule has 18 heavy (non-hydrogen) atoms. The Bertz CT molecular complexity index is 737. The first kappa shape index (κ1) is 10.7. The Balaban J connectivity index is 2.16. The maximum atomic E-state index is 13.1. The molecule has 3 nitrogen and oxygen atoms in total. The first-order chi connectivity index (χ1) is 8.63. The molecule has 1 N–H and O–H groups in total. The van der Waals surface area contributed by atoms with Crippen LogP contribution in [0.2, 0.25) is 0 Å². The molecule has 0 aliphatic carbocycles. The van der Waals surface area contributed by atoms with E-state index in [-0.39, 0.29) is 11.6 Å². The van der Waals surface area contributed by atoms with Crippen LogP contribution in [-0.2, 0) is 0 Å². The van der Waals surface area contributed by atoms with Gasteiger partial charge in [-0.15, -0.1) is 0 Å². The third-order valence-corrected chi connectivity index (χ3v) is 2.54. The molecule has 1 aromatic heterocycles. The number of halogens is 2. The quantitative estimate of drug-likeness (QED) is 0.716. The fraction of sp³-hybridized carbons (Fsp3) is 0. The van der Waals surface area contributed by atoms with E-state index in [0.29, 0.717) is 16.7 Å². The van der Waals surface area contributed by atoms with Gasteiger partial charge in [0, 0.05) is 11.6 Å². The Kier molecular flexibility index (Phi) is 2.26. The van der Waals surface area contributed by atoms with Gasteiger partial charge in [0.1, 0.15) is 11.3 Å². The number of hydrogen-bond acceptors (Lipinski definition) is 3. The lowest BCUT2D eigenvalue weighted by Crippen LogP contribution is -1.85. The number of oxazole rings is 1. The van der Waals surface area contributed by atoms with Crippen molar-refractivity contribution in [2.75, 3.05) is 0 Å². The van der Waals surface area contributed by atoms with Gasteiger partial charge in [0.05, 0.1) is 0 Å². The number of fused-ring (bicyclic) bond motifs is 1. The van der Waals surface area contributed by atoms with Crippen LogP contribution in [0.3, 0.4) is 0 Å². The largest absolute Gasteiger partial charge is 0.508 e. The molecular weight excluding hydrogens is 240 g/mol. The second-order valence-corrected chi connectivity index (χ2v) is 3.80. The van der Waals surface area contributed by atoms with Crippen molar-refractivity contribution in [1.82, 2.24) is 4.98 Å². The molecular formula is C13H7F2NO2. The van der Waals surface area contributed by atoms with E-state index in [1.54, 1.807) is 6.07 Å². The number of aromatic nitrogens is 1. The van der Waals surface area contributed by atoms with E-state index in [1.165, 1.54) is 18.2 Å². The van der Waals surface area contributed by atoms with Crippen LogP contribution in [-0.4, -0.2) is 10.1 Å². The highest BCUT2D eigenvalue weighted by Gasteiger charge is 2.11. The second-order valence-electron chi connectivity index (χ2n) is 3.80. The molecule has 0 saturated heterocycles. The summed E-state index contributed by atoms with van der Waals surface area (Å²) in [5.74, 6) is -1.66. The van der Waals surface area contributed by atoms with Gasteiger partial charge in [0.15, 0.2) is 17.2 Å². The fourth-order valence-electron chi connectivity index (χ4n) is 1.67. The summed E-state index contributed by atoms with van der Waals surface area (Å²) in [4.78, 5) is 4.13. The number of benzene rings is 2. The number of hydrogen-bond donors (Lipinski definition) is 1. The number of rotatable bonds is 1. The molecule has 0 saturated carbocycles. The predicted molar refractivity (Wildman–Crippen MR) is 61.0 cm³/mol. The first-order valence-electron chi connectivity index (χ1n) is 5.18. The van der Waals surface area contributed by atoms with Crippen molar-refractivity contribution in [3.63, 3.8) is 0 Å². The maximum absolute atomic E-state index is 13.1. The minimum Gasteiger partial charge on any atom is -0.508 e. The summed E-state index contributed by atoms with van der Waals surface area (Å²) in [6.45, 7) is 0. The van der Waals surface area contributed by atoms with Gasteiger partial charge < -0.3 is 9.52 Å². The molecule has 0 amide bonds. The molecule has 0 bridgehead atoms. The van der Waals surface area contributed by atoms with E-state index in [0.717, 1.165) is 12.1 Å². The molecule has 90 valence electrons. The van der Waals surface area contributed by atoms with Crippen LogP contribution in [0.25, 0.3) is 22.6 Å². The van der Waals surface area contributed by atoms with Gasteiger partial charge in [-0.2, -0.15) is 0 Å². The minimum atomic E-state index is -0.961. The van der Waals surface area contributed by atoms with Crippen LogP contribution in [0.5, 0.6) is 5.75 Å². The van der Waals surface area contributed by atoms with E-state index in [9.17, 15) is 13.9 Å². The van der Waals surface area contributed by atoms with Gasteiger partial charge in [-0.1, -0.05) is 0 Å². The topological polar surface area (TPSA) is 46.3 Å². The minimum absolute atomic E-state index is 0.0514. The summed E-state index contributed by atoms with van der Waals surface area (Å²) in [6.07, 6.45) is 0. The highest BCUT2D eigenvalue weighted by Crippen LogP contribution is 2.27. The average molecular weight is 247 g/mol. The van der Waals surface area contributed by atoms with E-state index in [4.69, 9.17) is 4.42 Å². The van der Waals surface area contributed by atoms with E-state index in [2.05, 4.69) is 4.98 Å². The second kappa shape index (κ2) is 3.80. The molecule has 1 heterocycles. The van der Waals surface area contributed by atoms with Crippen LogP contribution >= 0.6 is 0 Å². The summed E-state index contributed by atoms with van der Waals surface area (Å²) in [6, 6.07) is 7.86. The van der Waals surface area contributed by atoms with Crippen molar-refractivity contribution in [3.8, 4) is 17.2 Å². The van der Waals surface area contributed by atoms with Gasteiger partial charge in [-0.05, 0) is 30.3 Å². The molecule has 5 heteroatoms. The van der Waals surface area contributed by atoms with Crippen molar-refractivity contribution in [3.05, 3.63) is 48.0 Å². The fourth-order valence-corrected chi connectivity index (χ4v) is 1.67. The van der Waals surface area contributed by atoms with E-state index in [1.807, 2.05) is 0 Å². The Morgan fingerprint density at radius 1 is 1.00 bits per heavy atom. The monoisotopic (exact) mass is 247 g/mol.